The van der Waals surface area contributed by atoms with Gasteiger partial charge in [-0.2, -0.15) is 0 Å². The van der Waals surface area contributed by atoms with Gasteiger partial charge in [0.05, 0.1) is 10.6 Å². The van der Waals surface area contributed by atoms with Gasteiger partial charge in [0, 0.05) is 34.4 Å². The lowest BCUT2D eigenvalue weighted by atomic mass is 10.3. The van der Waals surface area contributed by atoms with Crippen LogP contribution in [0.2, 0.25) is 0 Å². The molecule has 5 nitrogen and oxygen atoms in total. The Bertz CT molecular complexity index is 663. The lowest BCUT2D eigenvalue weighted by Gasteiger charge is -2.07. The van der Waals surface area contributed by atoms with E-state index in [9.17, 15) is 9.59 Å². The summed E-state index contributed by atoms with van der Waals surface area (Å²) < 4.78 is 2.52. The van der Waals surface area contributed by atoms with Crippen molar-refractivity contribution < 1.29 is 0 Å². The van der Waals surface area contributed by atoms with Crippen molar-refractivity contribution in [3.05, 3.63) is 44.1 Å². The average molecular weight is 235 g/mol. The molecule has 0 N–H and O–H groups in total. The van der Waals surface area contributed by atoms with E-state index in [2.05, 4.69) is 6.58 Å². The second-order valence-corrected chi connectivity index (χ2v) is 4.00. The molecule has 0 aromatic carbocycles. The van der Waals surface area contributed by atoms with Crippen LogP contribution < -0.4 is 21.8 Å². The van der Waals surface area contributed by atoms with Crippen LogP contribution in [0.25, 0.3) is 12.3 Å². The SMILES string of the molecule is C=C/C=c1\c(=C/N(C)C)c(=O)n(C)c(=O)n1C. The van der Waals surface area contributed by atoms with Crippen LogP contribution in [0.1, 0.15) is 0 Å². The average Bonchev–Trinajstić information content (AvgIpc) is 2.28. The summed E-state index contributed by atoms with van der Waals surface area (Å²) in [6.45, 7) is 3.59. The van der Waals surface area contributed by atoms with Crippen LogP contribution in [0.3, 0.4) is 0 Å². The monoisotopic (exact) mass is 235 g/mol. The van der Waals surface area contributed by atoms with E-state index >= 15 is 0 Å². The van der Waals surface area contributed by atoms with Gasteiger partial charge < -0.3 is 4.90 Å². The van der Waals surface area contributed by atoms with Gasteiger partial charge in [0.1, 0.15) is 0 Å². The second-order valence-electron chi connectivity index (χ2n) is 4.00. The molecule has 0 aliphatic rings. The molecule has 0 bridgehead atoms. The molecule has 1 aromatic heterocycles. The van der Waals surface area contributed by atoms with Crippen LogP contribution >= 0.6 is 0 Å². The highest BCUT2D eigenvalue weighted by Gasteiger charge is 2.04. The first kappa shape index (κ1) is 13.0. The molecule has 0 saturated carbocycles. The standard InChI is InChI=1S/C12H17N3O2/c1-6-7-10-9(8-13(2)3)11(16)15(5)12(17)14(10)4/h6-8H,1H2,2-5H3/b9-8+,10-7+. The summed E-state index contributed by atoms with van der Waals surface area (Å²) in [7, 11) is 6.74. The molecule has 92 valence electrons. The minimum atomic E-state index is -0.348. The molecule has 0 amide bonds. The van der Waals surface area contributed by atoms with Crippen molar-refractivity contribution in [2.45, 2.75) is 0 Å². The predicted molar refractivity (Wildman–Crippen MR) is 69.0 cm³/mol. The first-order valence-electron chi connectivity index (χ1n) is 5.17. The van der Waals surface area contributed by atoms with Crippen molar-refractivity contribution >= 4 is 12.3 Å². The molecular formula is C12H17N3O2. The Kier molecular flexibility index (Phi) is 3.73. The van der Waals surface area contributed by atoms with E-state index < -0.39 is 0 Å². The summed E-state index contributed by atoms with van der Waals surface area (Å²) in [4.78, 5) is 25.5. The molecule has 1 rings (SSSR count). The smallest absolute Gasteiger partial charge is 0.330 e. The Morgan fingerprint density at radius 1 is 1.18 bits per heavy atom. The molecule has 0 atom stereocenters. The summed E-state index contributed by atoms with van der Waals surface area (Å²) in [5, 5.41) is 1.03. The largest absolute Gasteiger partial charge is 0.383 e. The van der Waals surface area contributed by atoms with Gasteiger partial charge in [-0.05, 0) is 6.08 Å². The summed E-state index contributed by atoms with van der Waals surface area (Å²) in [6.07, 6.45) is 4.90. The molecule has 1 aromatic rings. The summed E-state index contributed by atoms with van der Waals surface area (Å²) in [5.41, 5.74) is -0.658. The molecule has 0 aliphatic carbocycles. The third-order valence-corrected chi connectivity index (χ3v) is 2.41. The molecule has 0 radical (unpaired) electrons. The molecular weight excluding hydrogens is 218 g/mol. The fourth-order valence-corrected chi connectivity index (χ4v) is 1.58. The van der Waals surface area contributed by atoms with Gasteiger partial charge in [0.25, 0.3) is 5.56 Å². The zero-order valence-corrected chi connectivity index (χ0v) is 10.6. The molecule has 0 saturated heterocycles. The normalized spacial score (nSPS) is 12.9. The van der Waals surface area contributed by atoms with E-state index in [1.165, 1.54) is 11.6 Å². The maximum atomic E-state index is 12.0. The molecule has 0 aliphatic heterocycles. The maximum absolute atomic E-state index is 12.0. The van der Waals surface area contributed by atoms with Gasteiger partial charge >= 0.3 is 5.69 Å². The zero-order valence-electron chi connectivity index (χ0n) is 10.6. The van der Waals surface area contributed by atoms with E-state index in [1.807, 2.05) is 14.1 Å². The first-order chi connectivity index (χ1) is 7.90. The van der Waals surface area contributed by atoms with Crippen molar-refractivity contribution in [1.82, 2.24) is 14.0 Å². The van der Waals surface area contributed by atoms with Gasteiger partial charge in [-0.3, -0.25) is 13.9 Å². The Morgan fingerprint density at radius 2 is 1.76 bits per heavy atom. The Hall–Kier alpha value is -2.04. The van der Waals surface area contributed by atoms with E-state index in [0.717, 1.165) is 4.57 Å². The highest BCUT2D eigenvalue weighted by molar-refractivity contribution is 5.35. The van der Waals surface area contributed by atoms with Crippen molar-refractivity contribution in [2.24, 2.45) is 14.1 Å². The van der Waals surface area contributed by atoms with E-state index in [-0.39, 0.29) is 11.2 Å². The lowest BCUT2D eigenvalue weighted by molar-refractivity contribution is 0.603. The molecule has 1 heterocycles. The minimum absolute atomic E-state index is 0.310. The summed E-state index contributed by atoms with van der Waals surface area (Å²) in [5.74, 6) is 0. The number of allylic oxidation sites excluding steroid dienone is 1. The van der Waals surface area contributed by atoms with Gasteiger partial charge in [0.15, 0.2) is 0 Å². The highest BCUT2D eigenvalue weighted by Crippen LogP contribution is 1.70. The number of hydrogen-bond donors (Lipinski definition) is 0. The van der Waals surface area contributed by atoms with Crippen molar-refractivity contribution in [3.8, 4) is 0 Å². The van der Waals surface area contributed by atoms with Crippen LogP contribution in [-0.4, -0.2) is 28.1 Å². The predicted octanol–water partition coefficient (Wildman–Crippen LogP) is -1.65. The van der Waals surface area contributed by atoms with Crippen LogP contribution in [0.4, 0.5) is 0 Å². The number of aromatic nitrogens is 2. The zero-order chi connectivity index (χ0) is 13.2. The molecule has 0 unspecified atom stereocenters. The van der Waals surface area contributed by atoms with E-state index in [4.69, 9.17) is 0 Å². The van der Waals surface area contributed by atoms with Crippen LogP contribution in [0.15, 0.2) is 22.2 Å². The summed E-state index contributed by atoms with van der Waals surface area (Å²) in [6, 6.07) is 0. The number of rotatable bonds is 2. The van der Waals surface area contributed by atoms with Gasteiger partial charge in [0.2, 0.25) is 0 Å². The fourth-order valence-electron chi connectivity index (χ4n) is 1.58. The van der Waals surface area contributed by atoms with Gasteiger partial charge in [-0.1, -0.05) is 12.7 Å². The molecule has 0 spiro atoms. The van der Waals surface area contributed by atoms with Crippen LogP contribution in [0, 0.1) is 0 Å². The topological polar surface area (TPSA) is 47.2 Å². The summed E-state index contributed by atoms with van der Waals surface area (Å²) >= 11 is 0. The van der Waals surface area contributed by atoms with E-state index in [1.54, 1.807) is 30.3 Å². The molecule has 17 heavy (non-hydrogen) atoms. The Balaban J connectivity index is 4.08. The number of hydrogen-bond acceptors (Lipinski definition) is 3. The minimum Gasteiger partial charge on any atom is -0.383 e. The van der Waals surface area contributed by atoms with Crippen LogP contribution in [0.5, 0.6) is 0 Å². The Morgan fingerprint density at radius 3 is 2.24 bits per heavy atom. The van der Waals surface area contributed by atoms with Crippen LogP contribution in [-0.2, 0) is 14.1 Å². The van der Waals surface area contributed by atoms with E-state index in [0.29, 0.717) is 10.6 Å². The highest BCUT2D eigenvalue weighted by atomic mass is 16.2. The van der Waals surface area contributed by atoms with Gasteiger partial charge in [-0.15, -0.1) is 0 Å². The third-order valence-electron chi connectivity index (χ3n) is 2.41. The first-order valence-corrected chi connectivity index (χ1v) is 5.17. The van der Waals surface area contributed by atoms with Gasteiger partial charge in [-0.25, -0.2) is 4.79 Å². The third kappa shape index (κ3) is 2.38. The lowest BCUT2D eigenvalue weighted by Crippen LogP contribution is -2.57. The maximum Gasteiger partial charge on any atom is 0.330 e. The Labute approximate surface area is 99.2 Å². The van der Waals surface area contributed by atoms with Crippen molar-refractivity contribution in [2.75, 3.05) is 14.1 Å². The van der Waals surface area contributed by atoms with Crippen molar-refractivity contribution in [1.29, 1.82) is 0 Å². The molecule has 5 heteroatoms. The number of nitrogens with zero attached hydrogens (tertiary/aromatic N) is 3. The fraction of sp³-hybridized carbons (Fsp3) is 0.333. The second kappa shape index (κ2) is 4.86. The quantitative estimate of drug-likeness (QED) is 0.617. The molecule has 0 fully saturated rings. The van der Waals surface area contributed by atoms with Crippen molar-refractivity contribution in [3.63, 3.8) is 0 Å².